The number of rotatable bonds is 7. The minimum atomic E-state index is -0.504. The van der Waals surface area contributed by atoms with Crippen molar-refractivity contribution < 1.29 is 14.4 Å². The Labute approximate surface area is 205 Å². The van der Waals surface area contributed by atoms with E-state index in [9.17, 15) is 10.1 Å². The SMILES string of the molecule is O=[N+]([O-])c1ccc(Oc2ccc(COc3ccc(-c4cnc5ccccc5n4)cc3)cc2)c(Cl)c1. The van der Waals surface area contributed by atoms with Crippen molar-refractivity contribution in [3.63, 3.8) is 0 Å². The summed E-state index contributed by atoms with van der Waals surface area (Å²) in [5.41, 5.74) is 4.35. The first kappa shape index (κ1) is 22.3. The molecule has 172 valence electrons. The van der Waals surface area contributed by atoms with Crippen molar-refractivity contribution in [2.45, 2.75) is 6.61 Å². The summed E-state index contributed by atoms with van der Waals surface area (Å²) in [5, 5.41) is 11.0. The number of halogens is 1. The molecule has 4 aromatic carbocycles. The van der Waals surface area contributed by atoms with Crippen molar-refractivity contribution >= 4 is 28.3 Å². The molecule has 0 radical (unpaired) electrons. The van der Waals surface area contributed by atoms with E-state index in [0.717, 1.165) is 33.6 Å². The van der Waals surface area contributed by atoms with Crippen LogP contribution < -0.4 is 9.47 Å². The van der Waals surface area contributed by atoms with Crippen molar-refractivity contribution in [2.24, 2.45) is 0 Å². The molecule has 0 N–H and O–H groups in total. The van der Waals surface area contributed by atoms with Gasteiger partial charge >= 0.3 is 0 Å². The zero-order valence-corrected chi connectivity index (χ0v) is 19.1. The molecule has 0 bridgehead atoms. The van der Waals surface area contributed by atoms with Crippen LogP contribution in [0.5, 0.6) is 17.2 Å². The van der Waals surface area contributed by atoms with Crippen LogP contribution in [-0.4, -0.2) is 14.9 Å². The van der Waals surface area contributed by atoms with E-state index < -0.39 is 4.92 Å². The molecule has 8 heteroatoms. The van der Waals surface area contributed by atoms with Crippen molar-refractivity contribution in [2.75, 3.05) is 0 Å². The minimum absolute atomic E-state index is 0.0897. The largest absolute Gasteiger partial charge is 0.489 e. The molecule has 5 aromatic rings. The van der Waals surface area contributed by atoms with Crippen molar-refractivity contribution in [3.05, 3.63) is 118 Å². The summed E-state index contributed by atoms with van der Waals surface area (Å²) in [7, 11) is 0. The van der Waals surface area contributed by atoms with Gasteiger partial charge in [-0.3, -0.25) is 15.1 Å². The van der Waals surface area contributed by atoms with Gasteiger partial charge in [-0.25, -0.2) is 4.98 Å². The molecule has 0 unspecified atom stereocenters. The smallest absolute Gasteiger partial charge is 0.271 e. The lowest BCUT2D eigenvalue weighted by atomic mass is 10.1. The van der Waals surface area contributed by atoms with Gasteiger partial charge in [0.2, 0.25) is 0 Å². The Morgan fingerprint density at radius 2 is 1.57 bits per heavy atom. The Bertz CT molecular complexity index is 1510. The summed E-state index contributed by atoms with van der Waals surface area (Å²) < 4.78 is 11.6. The molecule has 7 nitrogen and oxygen atoms in total. The first-order valence-electron chi connectivity index (χ1n) is 10.7. The Kier molecular flexibility index (Phi) is 6.24. The molecule has 0 atom stereocenters. The van der Waals surface area contributed by atoms with Gasteiger partial charge in [-0.15, -0.1) is 0 Å². The van der Waals surface area contributed by atoms with E-state index in [4.69, 9.17) is 21.1 Å². The molecule has 0 aliphatic rings. The molecular weight excluding hydrogens is 466 g/mol. The van der Waals surface area contributed by atoms with Gasteiger partial charge in [0.25, 0.3) is 5.69 Å². The van der Waals surface area contributed by atoms with Gasteiger partial charge in [0.15, 0.2) is 0 Å². The third-order valence-corrected chi connectivity index (χ3v) is 5.58. The molecule has 1 aromatic heterocycles. The third-order valence-electron chi connectivity index (χ3n) is 5.28. The number of benzene rings is 4. The molecule has 0 aliphatic heterocycles. The Balaban J connectivity index is 1.20. The number of nitro benzene ring substituents is 1. The zero-order valence-electron chi connectivity index (χ0n) is 18.3. The lowest BCUT2D eigenvalue weighted by Gasteiger charge is -2.10. The molecule has 0 aliphatic carbocycles. The number of nitro groups is 1. The highest BCUT2D eigenvalue weighted by Gasteiger charge is 2.11. The van der Waals surface area contributed by atoms with Gasteiger partial charge in [-0.2, -0.15) is 0 Å². The fraction of sp³-hybridized carbons (Fsp3) is 0.0370. The number of aromatic nitrogens is 2. The maximum atomic E-state index is 10.8. The van der Waals surface area contributed by atoms with E-state index in [1.165, 1.54) is 18.2 Å². The molecule has 5 rings (SSSR count). The molecule has 35 heavy (non-hydrogen) atoms. The average Bonchev–Trinajstić information content (AvgIpc) is 2.89. The van der Waals surface area contributed by atoms with Gasteiger partial charge in [0.1, 0.15) is 23.9 Å². The van der Waals surface area contributed by atoms with Crippen LogP contribution in [0.25, 0.3) is 22.3 Å². The maximum absolute atomic E-state index is 10.8. The Morgan fingerprint density at radius 1 is 0.857 bits per heavy atom. The second-order valence-corrected chi connectivity index (χ2v) is 8.08. The highest BCUT2D eigenvalue weighted by molar-refractivity contribution is 6.32. The standard InChI is InChI=1S/C27H18ClN3O4/c28-23-15-20(31(32)33)9-14-27(23)35-22-10-5-18(6-11-22)17-34-21-12-7-19(8-13-21)26-16-29-24-3-1-2-4-25(24)30-26/h1-16H,17H2. The van der Waals surface area contributed by atoms with Crippen molar-refractivity contribution in [1.82, 2.24) is 9.97 Å². The van der Waals surface area contributed by atoms with Crippen molar-refractivity contribution in [3.8, 4) is 28.5 Å². The van der Waals surface area contributed by atoms with Crippen LogP contribution in [0.15, 0.2) is 97.2 Å². The summed E-state index contributed by atoms with van der Waals surface area (Å²) >= 11 is 6.09. The predicted octanol–water partition coefficient (Wildman–Crippen LogP) is 7.23. The van der Waals surface area contributed by atoms with Crippen LogP contribution in [0.2, 0.25) is 5.02 Å². The van der Waals surface area contributed by atoms with Crippen LogP contribution in [0.4, 0.5) is 5.69 Å². The summed E-state index contributed by atoms with van der Waals surface area (Å²) in [5.74, 6) is 1.64. The van der Waals surface area contributed by atoms with E-state index in [0.29, 0.717) is 18.1 Å². The topological polar surface area (TPSA) is 87.4 Å². The Hall–Kier alpha value is -4.49. The minimum Gasteiger partial charge on any atom is -0.489 e. The van der Waals surface area contributed by atoms with E-state index in [2.05, 4.69) is 9.97 Å². The maximum Gasteiger partial charge on any atom is 0.271 e. The molecule has 0 fully saturated rings. The van der Waals surface area contributed by atoms with Crippen LogP contribution in [0.3, 0.4) is 0 Å². The molecule has 0 saturated heterocycles. The number of non-ortho nitro benzene ring substituents is 1. The lowest BCUT2D eigenvalue weighted by molar-refractivity contribution is -0.384. The van der Waals surface area contributed by atoms with Crippen LogP contribution in [-0.2, 0) is 6.61 Å². The highest BCUT2D eigenvalue weighted by Crippen LogP contribution is 2.32. The van der Waals surface area contributed by atoms with Crippen LogP contribution >= 0.6 is 11.6 Å². The second-order valence-electron chi connectivity index (χ2n) is 7.67. The van der Waals surface area contributed by atoms with Gasteiger partial charge in [0.05, 0.1) is 32.9 Å². The monoisotopic (exact) mass is 483 g/mol. The number of ether oxygens (including phenoxy) is 2. The summed E-state index contributed by atoms with van der Waals surface area (Å²) in [6.45, 7) is 0.383. The zero-order chi connectivity index (χ0) is 24.2. The number of fused-ring (bicyclic) bond motifs is 1. The van der Waals surface area contributed by atoms with Crippen LogP contribution in [0.1, 0.15) is 5.56 Å². The second kappa shape index (κ2) is 9.79. The Morgan fingerprint density at radius 3 is 2.29 bits per heavy atom. The molecule has 0 amide bonds. The van der Waals surface area contributed by atoms with Gasteiger partial charge in [-0.1, -0.05) is 35.9 Å². The quantitative estimate of drug-likeness (QED) is 0.179. The fourth-order valence-electron chi connectivity index (χ4n) is 3.45. The average molecular weight is 484 g/mol. The van der Waals surface area contributed by atoms with E-state index in [-0.39, 0.29) is 10.7 Å². The van der Waals surface area contributed by atoms with Crippen LogP contribution in [0, 0.1) is 10.1 Å². The van der Waals surface area contributed by atoms with E-state index in [1.54, 1.807) is 18.3 Å². The molecule has 0 saturated carbocycles. The molecule has 1 heterocycles. The fourth-order valence-corrected chi connectivity index (χ4v) is 3.67. The number of hydrogen-bond donors (Lipinski definition) is 0. The normalized spacial score (nSPS) is 10.8. The van der Waals surface area contributed by atoms with Gasteiger partial charge in [0, 0.05) is 17.7 Å². The molecular formula is C27H18ClN3O4. The highest BCUT2D eigenvalue weighted by atomic mass is 35.5. The summed E-state index contributed by atoms with van der Waals surface area (Å²) in [6.07, 6.45) is 1.77. The van der Waals surface area contributed by atoms with Gasteiger partial charge in [-0.05, 0) is 60.2 Å². The number of nitrogens with zero attached hydrogens (tertiary/aromatic N) is 3. The van der Waals surface area contributed by atoms with E-state index >= 15 is 0 Å². The number of hydrogen-bond acceptors (Lipinski definition) is 6. The first-order valence-corrected chi connectivity index (χ1v) is 11.1. The van der Waals surface area contributed by atoms with Gasteiger partial charge < -0.3 is 9.47 Å². The van der Waals surface area contributed by atoms with Crippen molar-refractivity contribution in [1.29, 1.82) is 0 Å². The summed E-state index contributed by atoms with van der Waals surface area (Å²) in [4.78, 5) is 19.5. The summed E-state index contributed by atoms with van der Waals surface area (Å²) in [6, 6.07) is 26.9. The first-order chi connectivity index (χ1) is 17.0. The molecule has 0 spiro atoms. The van der Waals surface area contributed by atoms with E-state index in [1.807, 2.05) is 60.7 Å². The lowest BCUT2D eigenvalue weighted by Crippen LogP contribution is -1.96. The third kappa shape index (κ3) is 5.20. The predicted molar refractivity (Wildman–Crippen MR) is 134 cm³/mol. The number of para-hydroxylation sites is 2.